The van der Waals surface area contributed by atoms with Gasteiger partial charge in [0.1, 0.15) is 48.3 Å². The number of nitrogens with zero attached hydrogens (tertiary/aromatic N) is 1. The van der Waals surface area contributed by atoms with Gasteiger partial charge in [-0.15, -0.1) is 0 Å². The summed E-state index contributed by atoms with van der Waals surface area (Å²) in [5, 5.41) is 82.4. The summed E-state index contributed by atoms with van der Waals surface area (Å²) in [4.78, 5) is 192. The van der Waals surface area contributed by atoms with Crippen molar-refractivity contribution in [3.05, 3.63) is 35.9 Å². The maximum Gasteiger partial charge on any atom is 0.490 e. The highest BCUT2D eigenvalue weighted by Gasteiger charge is 2.45. The van der Waals surface area contributed by atoms with Crippen molar-refractivity contribution in [1.29, 1.82) is 0 Å². The van der Waals surface area contributed by atoms with Crippen LogP contribution in [0.2, 0.25) is 0 Å². The van der Waals surface area contributed by atoms with Crippen LogP contribution in [0, 0.1) is 29.1 Å². The Morgan fingerprint density at radius 1 is 0.638 bits per heavy atom. The number of cyclic esters (lactones) is 1. The van der Waals surface area contributed by atoms with Crippen molar-refractivity contribution in [3.63, 3.8) is 0 Å². The van der Waals surface area contributed by atoms with E-state index in [1.807, 2.05) is 24.5 Å². The summed E-state index contributed by atoms with van der Waals surface area (Å²) in [6.45, 7) is 17.1. The molecule has 0 spiro atoms. The number of aliphatic imine (C=N–C) groups is 1. The van der Waals surface area contributed by atoms with Crippen LogP contribution in [0.1, 0.15) is 133 Å². The molecule has 0 radical (unpaired) electrons. The standard InChI is InChI=1S/C59H99N15O17.2C2HF3O2/c1-13-30(8)39-53(86)72-40(31(9)76)52(85)65-25-38(77)70-42(45(79)47(61)80)55(88)69-37(26-75)57(90)91-46(32-18-15-14-16-19-32)43(74-51(84)36(24-59(10,11)12)68-48(81)33(60)22-27(2)3)56(89)73-41(44(78)29(6)7)54(87)67-35(23-28(4)5)50(83)66-34(49(82)71-39)20-17-21-64-58(62)63;2*3-2(4,5)1(6)7/h14-16,18-19,27-31,33-37,39-46,75-76,78-79H,13,17,20-26,60H2,1-12H3,(H2,61,80)(H,65,85)(H,66,83)(H,67,87)(H,68,81)(H,69,88)(H,70,77)(H,71,82)(H,72,86)(H,73,89)(H,74,84)(H4,62,63,64);2*(H,6,7)/t30-,31-,33+,34+,35-,36-,37-,39-,40-,41-,42-,43-,44+,45-,46+;;/m0../s1. The van der Waals surface area contributed by atoms with Crippen LogP contribution in [0.5, 0.6) is 0 Å². The van der Waals surface area contributed by atoms with Gasteiger partial charge < -0.3 is 111 Å². The lowest BCUT2D eigenvalue weighted by Crippen LogP contribution is -2.64. The van der Waals surface area contributed by atoms with Crippen LogP contribution in [0.3, 0.4) is 0 Å². The number of aliphatic hydroxyl groups is 4. The van der Waals surface area contributed by atoms with Gasteiger partial charge in [0, 0.05) is 6.54 Å². The number of carboxylic acids is 2. The topological polar surface area (TPSA) is 606 Å². The second-order valence-corrected chi connectivity index (χ2v) is 26.8. The molecule has 36 nitrogen and oxygen atoms in total. The number of hydrogen-bond donors (Lipinski definition) is 20. The number of rotatable bonds is 22. The average Bonchev–Trinajstić information content (AvgIpc) is 0.816. The van der Waals surface area contributed by atoms with Crippen LogP contribution in [0.4, 0.5) is 26.3 Å². The maximum atomic E-state index is 15.4. The molecule has 0 bridgehead atoms. The third-order valence-electron chi connectivity index (χ3n) is 15.0. The smallest absolute Gasteiger partial charge is 0.475 e. The molecule has 1 aliphatic rings. The molecule has 24 N–H and O–H groups in total. The molecular weight excluding hydrogens is 1420 g/mol. The summed E-state index contributed by atoms with van der Waals surface area (Å²) >= 11 is 0. The fraction of sp³-hybridized carbons (Fsp3) is 0.667. The molecule has 1 aliphatic heterocycles. The molecule has 1 saturated heterocycles. The number of nitrogens with one attached hydrogen (secondary N) is 10. The number of benzene rings is 1. The molecule has 0 unspecified atom stereocenters. The molecule has 0 aliphatic carbocycles. The van der Waals surface area contributed by atoms with E-state index in [1.54, 1.807) is 48.5 Å². The number of nitrogens with two attached hydrogens (primary N) is 4. The van der Waals surface area contributed by atoms with Crippen LogP contribution >= 0.6 is 0 Å². The summed E-state index contributed by atoms with van der Waals surface area (Å²) < 4.78 is 69.4. The maximum absolute atomic E-state index is 15.4. The Bertz CT molecular complexity index is 3110. The van der Waals surface area contributed by atoms with Crippen LogP contribution < -0.4 is 76.1 Å². The molecule has 1 fully saturated rings. The van der Waals surface area contributed by atoms with Crippen molar-refractivity contribution >= 4 is 88.8 Å². The lowest BCUT2D eigenvalue weighted by molar-refractivity contribution is -0.193. The zero-order valence-electron chi connectivity index (χ0n) is 60.0. The third kappa shape index (κ3) is 35.2. The first-order valence-corrected chi connectivity index (χ1v) is 32.8. The Kier molecular flexibility index (Phi) is 40.3. The molecule has 1 heterocycles. The molecule has 1 aromatic carbocycles. The second-order valence-electron chi connectivity index (χ2n) is 26.8. The largest absolute Gasteiger partial charge is 0.490 e. The van der Waals surface area contributed by atoms with Gasteiger partial charge in [-0.3, -0.25) is 57.7 Å². The van der Waals surface area contributed by atoms with Gasteiger partial charge in [0.25, 0.3) is 0 Å². The van der Waals surface area contributed by atoms with Gasteiger partial charge in [-0.05, 0) is 73.7 Å². The zero-order chi connectivity index (χ0) is 81.5. The van der Waals surface area contributed by atoms with Gasteiger partial charge in [-0.1, -0.05) is 113 Å². The number of aliphatic carboxylic acids is 2. The van der Waals surface area contributed by atoms with Crippen LogP contribution in [0.15, 0.2) is 35.3 Å². The van der Waals surface area contributed by atoms with E-state index in [2.05, 4.69) is 47.5 Å². The molecule has 11 amide bonds. The van der Waals surface area contributed by atoms with E-state index in [-0.39, 0.29) is 68.4 Å². The van der Waals surface area contributed by atoms with Gasteiger partial charge in [0.15, 0.2) is 24.2 Å². The first-order chi connectivity index (χ1) is 48.2. The van der Waals surface area contributed by atoms with E-state index in [0.717, 1.165) is 6.92 Å². The normalized spacial score (nSPS) is 22.9. The molecule has 596 valence electrons. The number of amides is 11. The summed E-state index contributed by atoms with van der Waals surface area (Å²) in [6, 6.07) is -10.8. The minimum absolute atomic E-state index is 0.0454. The number of carbonyl (C=O) groups is 14. The molecule has 1 aromatic rings. The number of alkyl halides is 6. The van der Waals surface area contributed by atoms with Gasteiger partial charge in [0.05, 0.1) is 31.4 Å². The molecule has 2 rings (SSSR count). The Labute approximate surface area is 600 Å². The van der Waals surface area contributed by atoms with Crippen molar-refractivity contribution in [1.82, 2.24) is 53.2 Å². The minimum atomic E-state index is -5.08. The molecule has 0 saturated carbocycles. The Hall–Kier alpha value is -9.55. The van der Waals surface area contributed by atoms with Gasteiger partial charge in [-0.2, -0.15) is 26.3 Å². The van der Waals surface area contributed by atoms with Crippen LogP contribution in [-0.4, -0.2) is 230 Å². The van der Waals surface area contributed by atoms with Crippen molar-refractivity contribution in [3.8, 4) is 0 Å². The van der Waals surface area contributed by atoms with E-state index in [0.29, 0.717) is 0 Å². The fourth-order valence-electron chi connectivity index (χ4n) is 9.37. The molecule has 15 atom stereocenters. The number of ether oxygens (including phenoxy) is 1. The number of esters is 1. The van der Waals surface area contributed by atoms with Crippen LogP contribution in [-0.2, 0) is 71.9 Å². The number of carbonyl (C=O) groups excluding carboxylic acids is 12. The third-order valence-corrected chi connectivity index (χ3v) is 15.0. The number of aliphatic hydroxyl groups excluding tert-OH is 4. The van der Waals surface area contributed by atoms with E-state index in [1.165, 1.54) is 44.2 Å². The van der Waals surface area contributed by atoms with Gasteiger partial charge in [-0.25, -0.2) is 14.4 Å². The Morgan fingerprint density at radius 2 is 1.12 bits per heavy atom. The highest BCUT2D eigenvalue weighted by molar-refractivity contribution is 6.00. The summed E-state index contributed by atoms with van der Waals surface area (Å²) in [6.07, 6.45) is -18.3. The van der Waals surface area contributed by atoms with Crippen molar-refractivity contribution in [2.24, 2.45) is 57.0 Å². The van der Waals surface area contributed by atoms with Crippen molar-refractivity contribution in [2.45, 2.75) is 219 Å². The number of halogens is 6. The molecule has 0 aromatic heterocycles. The van der Waals surface area contributed by atoms with Gasteiger partial charge >= 0.3 is 30.3 Å². The minimum Gasteiger partial charge on any atom is -0.475 e. The summed E-state index contributed by atoms with van der Waals surface area (Å²) in [7, 11) is 0. The average molecular weight is 1520 g/mol. The molecule has 42 heteroatoms. The predicted octanol–water partition coefficient (Wildman–Crippen LogP) is -3.78. The first-order valence-electron chi connectivity index (χ1n) is 32.8. The highest BCUT2D eigenvalue weighted by Crippen LogP contribution is 2.27. The number of guanidine groups is 1. The van der Waals surface area contributed by atoms with Crippen molar-refractivity contribution in [2.75, 3.05) is 19.7 Å². The van der Waals surface area contributed by atoms with Crippen LogP contribution in [0.25, 0.3) is 0 Å². The van der Waals surface area contributed by atoms with E-state index in [4.69, 9.17) is 47.5 Å². The first kappa shape index (κ1) is 95.5. The molecular formula is C63H101F6N15O21. The van der Waals surface area contributed by atoms with E-state index in [9.17, 15) is 99.5 Å². The molecule has 105 heavy (non-hydrogen) atoms. The lowest BCUT2D eigenvalue weighted by Gasteiger charge is -2.34. The predicted molar refractivity (Wildman–Crippen MR) is 358 cm³/mol. The number of hydrogen-bond acceptors (Lipinski definition) is 21. The fourth-order valence-corrected chi connectivity index (χ4v) is 9.37. The monoisotopic (exact) mass is 1520 g/mol. The quantitative estimate of drug-likeness (QED) is 0.0174. The van der Waals surface area contributed by atoms with Gasteiger partial charge in [0.2, 0.25) is 65.0 Å². The lowest BCUT2D eigenvalue weighted by atomic mass is 9.87. The SMILES string of the molecule is CC[C@H](C)[C@@H]1NC(=O)[C@@H](CCCN=C(N)N)NC(=O)[C@H](CC(C)C)NC(=O)[C@H]([C@H](O)C(C)C)NC(=O)[C@@H](NC(=O)[C@H](CC(C)(C)C)NC(=O)[C@H](N)CC(C)C)[C@@H](c2ccccc2)OC(=O)[C@H](CO)NC(=O)[C@H]([C@H](O)C(N)=O)NC(=O)CNC(=O)[C@H]([C@H](C)O)NC1=O.O=C(O)C(F)(F)F.O=C(O)C(F)(F)F. The zero-order valence-corrected chi connectivity index (χ0v) is 60.0. The number of carboxylic acid groups (broad SMARTS) is 2. The Morgan fingerprint density at radius 3 is 1.58 bits per heavy atom. The van der Waals surface area contributed by atoms with E-state index >= 15 is 4.79 Å². The highest BCUT2D eigenvalue weighted by atomic mass is 19.4. The second kappa shape index (κ2) is 44.3. The van der Waals surface area contributed by atoms with Crippen molar-refractivity contribution < 1.29 is 129 Å². The summed E-state index contributed by atoms with van der Waals surface area (Å²) in [5.41, 5.74) is 21.9. The Balaban J connectivity index is 0.00000696. The number of primary amides is 1. The van der Waals surface area contributed by atoms with E-state index < -0.39 is 210 Å². The summed E-state index contributed by atoms with van der Waals surface area (Å²) in [5.74, 6) is -22.4.